The second kappa shape index (κ2) is 6.43. The maximum atomic E-state index is 13.1. The van der Waals surface area contributed by atoms with E-state index >= 15 is 0 Å². The fourth-order valence-corrected chi connectivity index (χ4v) is 2.07. The summed E-state index contributed by atoms with van der Waals surface area (Å²) in [5, 5.41) is 3.02. The average molecular weight is 274 g/mol. The van der Waals surface area contributed by atoms with Crippen molar-refractivity contribution in [2.75, 3.05) is 19.4 Å². The maximum Gasteiger partial charge on any atom is 0.144 e. The second-order valence-corrected chi connectivity index (χ2v) is 4.86. The first-order valence-electron chi connectivity index (χ1n) is 6.52. The first-order chi connectivity index (χ1) is 9.56. The van der Waals surface area contributed by atoms with Crippen LogP contribution in [-0.4, -0.2) is 29.0 Å². The zero-order valence-electron chi connectivity index (χ0n) is 12.0. The number of rotatable bonds is 5. The number of benzene rings is 1. The highest BCUT2D eigenvalue weighted by Gasteiger charge is 2.06. The van der Waals surface area contributed by atoms with Crippen molar-refractivity contribution in [3.8, 4) is 0 Å². The third-order valence-electron chi connectivity index (χ3n) is 2.91. The molecule has 0 amide bonds. The van der Waals surface area contributed by atoms with Crippen molar-refractivity contribution >= 4 is 5.82 Å². The highest BCUT2D eigenvalue weighted by atomic mass is 19.1. The lowest BCUT2D eigenvalue weighted by Gasteiger charge is -2.16. The van der Waals surface area contributed by atoms with Crippen LogP contribution in [0.15, 0.2) is 30.3 Å². The third-order valence-corrected chi connectivity index (χ3v) is 2.91. The summed E-state index contributed by atoms with van der Waals surface area (Å²) in [6.07, 6.45) is 0. The quantitative estimate of drug-likeness (QED) is 0.910. The normalized spacial score (nSPS) is 10.8. The fourth-order valence-electron chi connectivity index (χ4n) is 2.07. The highest BCUT2D eigenvalue weighted by Crippen LogP contribution is 2.10. The molecule has 0 aliphatic carbocycles. The number of aromatic nitrogens is 2. The van der Waals surface area contributed by atoms with Crippen LogP contribution in [0.1, 0.15) is 17.1 Å². The van der Waals surface area contributed by atoms with Crippen molar-refractivity contribution in [1.29, 1.82) is 0 Å². The molecule has 0 bridgehead atoms. The van der Waals surface area contributed by atoms with Gasteiger partial charge in [0.15, 0.2) is 0 Å². The maximum absolute atomic E-state index is 13.1. The van der Waals surface area contributed by atoms with Crippen LogP contribution in [0.25, 0.3) is 0 Å². The van der Waals surface area contributed by atoms with Gasteiger partial charge < -0.3 is 5.32 Å². The van der Waals surface area contributed by atoms with E-state index in [4.69, 9.17) is 0 Å². The molecule has 2 aromatic rings. The predicted molar refractivity (Wildman–Crippen MR) is 77.9 cm³/mol. The van der Waals surface area contributed by atoms with Crippen LogP contribution in [0.2, 0.25) is 0 Å². The van der Waals surface area contributed by atoms with E-state index in [2.05, 4.69) is 20.2 Å². The molecule has 0 radical (unpaired) electrons. The van der Waals surface area contributed by atoms with Crippen LogP contribution >= 0.6 is 0 Å². The second-order valence-electron chi connectivity index (χ2n) is 4.86. The summed E-state index contributed by atoms with van der Waals surface area (Å²) in [4.78, 5) is 10.9. The molecule has 1 aromatic heterocycles. The Kier molecular flexibility index (Phi) is 4.63. The van der Waals surface area contributed by atoms with Crippen LogP contribution in [0.5, 0.6) is 0 Å². The Morgan fingerprint density at radius 3 is 2.70 bits per heavy atom. The minimum Gasteiger partial charge on any atom is -0.373 e. The molecule has 0 aliphatic rings. The Morgan fingerprint density at radius 2 is 2.00 bits per heavy atom. The topological polar surface area (TPSA) is 41.1 Å². The molecule has 20 heavy (non-hydrogen) atoms. The first-order valence-corrected chi connectivity index (χ1v) is 6.52. The highest BCUT2D eigenvalue weighted by molar-refractivity contribution is 5.34. The third kappa shape index (κ3) is 3.99. The van der Waals surface area contributed by atoms with Crippen LogP contribution in [-0.2, 0) is 13.1 Å². The fraction of sp³-hybridized carbons (Fsp3) is 0.333. The lowest BCUT2D eigenvalue weighted by molar-refractivity contribution is 0.310. The van der Waals surface area contributed by atoms with E-state index in [1.165, 1.54) is 6.07 Å². The minimum absolute atomic E-state index is 0.208. The van der Waals surface area contributed by atoms with Gasteiger partial charge in [0.1, 0.15) is 17.5 Å². The van der Waals surface area contributed by atoms with Crippen molar-refractivity contribution in [3.63, 3.8) is 0 Å². The standard InChI is InChI=1S/C15H19FN4/c1-11-7-14(17-2)19-15(18-11)10-20(3)9-12-5-4-6-13(16)8-12/h4-8H,9-10H2,1-3H3,(H,17,18,19). The molecule has 0 saturated heterocycles. The summed E-state index contributed by atoms with van der Waals surface area (Å²) in [7, 11) is 3.80. The van der Waals surface area contributed by atoms with Crippen LogP contribution in [0.3, 0.4) is 0 Å². The van der Waals surface area contributed by atoms with Gasteiger partial charge in [-0.1, -0.05) is 12.1 Å². The van der Waals surface area contributed by atoms with E-state index < -0.39 is 0 Å². The summed E-state index contributed by atoms with van der Waals surface area (Å²) in [5.74, 6) is 1.36. The van der Waals surface area contributed by atoms with Crippen molar-refractivity contribution in [1.82, 2.24) is 14.9 Å². The van der Waals surface area contributed by atoms with Crippen LogP contribution in [0.4, 0.5) is 10.2 Å². The van der Waals surface area contributed by atoms with E-state index in [1.54, 1.807) is 12.1 Å². The molecule has 4 nitrogen and oxygen atoms in total. The van der Waals surface area contributed by atoms with Crippen LogP contribution < -0.4 is 5.32 Å². The largest absolute Gasteiger partial charge is 0.373 e. The zero-order valence-corrected chi connectivity index (χ0v) is 12.0. The molecule has 5 heteroatoms. The molecule has 1 heterocycles. The minimum atomic E-state index is -0.208. The Hall–Kier alpha value is -2.01. The Labute approximate surface area is 118 Å². The van der Waals surface area contributed by atoms with Gasteiger partial charge in [-0.3, -0.25) is 4.90 Å². The van der Waals surface area contributed by atoms with Gasteiger partial charge in [-0.25, -0.2) is 14.4 Å². The lowest BCUT2D eigenvalue weighted by Crippen LogP contribution is -2.19. The van der Waals surface area contributed by atoms with E-state index in [9.17, 15) is 4.39 Å². The molecule has 0 fully saturated rings. The van der Waals surface area contributed by atoms with Gasteiger partial charge in [-0.15, -0.1) is 0 Å². The van der Waals surface area contributed by atoms with E-state index in [0.29, 0.717) is 13.1 Å². The summed E-state index contributed by atoms with van der Waals surface area (Å²) < 4.78 is 13.1. The van der Waals surface area contributed by atoms with Gasteiger partial charge in [0, 0.05) is 25.4 Å². The molecular weight excluding hydrogens is 255 g/mol. The molecular formula is C15H19FN4. The van der Waals surface area contributed by atoms with E-state index in [1.807, 2.05) is 33.2 Å². The first kappa shape index (κ1) is 14.4. The summed E-state index contributed by atoms with van der Waals surface area (Å²) >= 11 is 0. The van der Waals surface area contributed by atoms with Gasteiger partial charge in [0.05, 0.1) is 6.54 Å². The van der Waals surface area contributed by atoms with Crippen molar-refractivity contribution in [2.45, 2.75) is 20.0 Å². The Balaban J connectivity index is 2.04. The number of anilines is 1. The van der Waals surface area contributed by atoms with Crippen molar-refractivity contribution in [3.05, 3.63) is 53.2 Å². The van der Waals surface area contributed by atoms with Crippen molar-refractivity contribution in [2.24, 2.45) is 0 Å². The van der Waals surface area contributed by atoms with E-state index in [0.717, 1.165) is 22.9 Å². The average Bonchev–Trinajstić information content (AvgIpc) is 2.37. The number of hydrogen-bond acceptors (Lipinski definition) is 4. The number of nitrogens with zero attached hydrogens (tertiary/aromatic N) is 3. The van der Waals surface area contributed by atoms with Gasteiger partial charge in [-0.2, -0.15) is 0 Å². The molecule has 106 valence electrons. The Bertz CT molecular complexity index is 586. The van der Waals surface area contributed by atoms with Gasteiger partial charge in [-0.05, 0) is 31.7 Å². The zero-order chi connectivity index (χ0) is 14.5. The summed E-state index contributed by atoms with van der Waals surface area (Å²) in [6.45, 7) is 3.22. The molecule has 0 saturated carbocycles. The monoisotopic (exact) mass is 274 g/mol. The lowest BCUT2D eigenvalue weighted by atomic mass is 10.2. The smallest absolute Gasteiger partial charge is 0.144 e. The van der Waals surface area contributed by atoms with Crippen molar-refractivity contribution < 1.29 is 4.39 Å². The van der Waals surface area contributed by atoms with Gasteiger partial charge in [0.2, 0.25) is 0 Å². The molecule has 0 aliphatic heterocycles. The molecule has 0 atom stereocenters. The van der Waals surface area contributed by atoms with E-state index in [-0.39, 0.29) is 5.82 Å². The summed E-state index contributed by atoms with van der Waals surface area (Å²) in [6, 6.07) is 8.53. The summed E-state index contributed by atoms with van der Waals surface area (Å²) in [5.41, 5.74) is 1.87. The number of aryl methyl sites for hydroxylation is 1. The number of nitrogens with one attached hydrogen (secondary N) is 1. The molecule has 2 rings (SSSR count). The number of hydrogen-bond donors (Lipinski definition) is 1. The molecule has 1 aromatic carbocycles. The predicted octanol–water partition coefficient (Wildman–Crippen LogP) is 2.60. The molecule has 0 unspecified atom stereocenters. The van der Waals surface area contributed by atoms with Gasteiger partial charge >= 0.3 is 0 Å². The SMILES string of the molecule is CNc1cc(C)nc(CN(C)Cc2cccc(F)c2)n1. The molecule has 0 spiro atoms. The van der Waals surface area contributed by atoms with Gasteiger partial charge in [0.25, 0.3) is 0 Å². The Morgan fingerprint density at radius 1 is 1.20 bits per heavy atom. The molecule has 1 N–H and O–H groups in total. The number of halogens is 1. The van der Waals surface area contributed by atoms with Crippen LogP contribution in [0, 0.1) is 12.7 Å².